The number of aryl methyl sites for hydroxylation is 1. The first-order valence-corrected chi connectivity index (χ1v) is 9.56. The number of phenolic OH excluding ortho intramolecular Hbond substituents is 1. The van der Waals surface area contributed by atoms with Crippen molar-refractivity contribution in [3.63, 3.8) is 0 Å². The van der Waals surface area contributed by atoms with Crippen LogP contribution in [0.25, 0.3) is 0 Å². The van der Waals surface area contributed by atoms with Gasteiger partial charge in [-0.25, -0.2) is 0 Å². The number of benzene rings is 1. The molecule has 148 valence electrons. The smallest absolute Gasteiger partial charge is 0.176 e. The standard InChI is InChI=1S/C20H27ClN2O4/c1-14-3-4-17(27-14)13-23-7-6-22(12-16(23)5-8-24)11-15-9-18(21)20(25)19(10-15)26-2/h3-4,9-10,16,24-25H,5-8,11-13H2,1-2H3/t16-/m1/s1. The first kappa shape index (κ1) is 20.0. The number of nitrogens with zero attached hydrogens (tertiary/aromatic N) is 2. The number of methoxy groups -OCH3 is 1. The van der Waals surface area contributed by atoms with Crippen LogP contribution >= 0.6 is 11.6 Å². The van der Waals surface area contributed by atoms with Crippen molar-refractivity contribution in [1.29, 1.82) is 0 Å². The molecule has 7 heteroatoms. The summed E-state index contributed by atoms with van der Waals surface area (Å²) < 4.78 is 10.9. The molecule has 1 aromatic heterocycles. The molecule has 1 saturated heterocycles. The van der Waals surface area contributed by atoms with Crippen molar-refractivity contribution in [1.82, 2.24) is 9.80 Å². The number of rotatable bonds is 7. The Morgan fingerprint density at radius 2 is 2.07 bits per heavy atom. The Kier molecular flexibility index (Phi) is 6.65. The van der Waals surface area contributed by atoms with Gasteiger partial charge in [-0.05, 0) is 43.2 Å². The van der Waals surface area contributed by atoms with Crippen LogP contribution in [0.3, 0.4) is 0 Å². The second-order valence-corrected chi connectivity index (χ2v) is 7.42. The fourth-order valence-electron chi connectivity index (χ4n) is 3.63. The van der Waals surface area contributed by atoms with E-state index in [1.165, 1.54) is 7.11 Å². The van der Waals surface area contributed by atoms with Gasteiger partial charge in [0.2, 0.25) is 0 Å². The highest BCUT2D eigenvalue weighted by atomic mass is 35.5. The fourth-order valence-corrected chi connectivity index (χ4v) is 3.87. The van der Waals surface area contributed by atoms with Gasteiger partial charge < -0.3 is 19.4 Å². The summed E-state index contributed by atoms with van der Waals surface area (Å²) in [6.45, 7) is 6.23. The number of phenols is 1. The van der Waals surface area contributed by atoms with Gasteiger partial charge in [0.15, 0.2) is 11.5 Å². The van der Waals surface area contributed by atoms with Crippen LogP contribution < -0.4 is 4.74 Å². The van der Waals surface area contributed by atoms with Crippen molar-refractivity contribution in [2.24, 2.45) is 0 Å². The summed E-state index contributed by atoms with van der Waals surface area (Å²) in [4.78, 5) is 4.71. The zero-order valence-corrected chi connectivity index (χ0v) is 16.6. The number of hydrogen-bond donors (Lipinski definition) is 2. The van der Waals surface area contributed by atoms with Crippen LogP contribution in [0.2, 0.25) is 5.02 Å². The summed E-state index contributed by atoms with van der Waals surface area (Å²) in [7, 11) is 1.52. The summed E-state index contributed by atoms with van der Waals surface area (Å²) in [6, 6.07) is 7.85. The molecule has 0 radical (unpaired) electrons. The molecule has 2 aromatic rings. The summed E-state index contributed by atoms with van der Waals surface area (Å²) in [5, 5.41) is 19.7. The number of aliphatic hydroxyl groups excluding tert-OH is 1. The third kappa shape index (κ3) is 4.96. The van der Waals surface area contributed by atoms with Crippen molar-refractivity contribution in [3.8, 4) is 11.5 Å². The fraction of sp³-hybridized carbons (Fsp3) is 0.500. The van der Waals surface area contributed by atoms with Gasteiger partial charge in [-0.3, -0.25) is 9.80 Å². The Bertz CT molecular complexity index is 764. The second-order valence-electron chi connectivity index (χ2n) is 7.01. The van der Waals surface area contributed by atoms with Gasteiger partial charge in [-0.2, -0.15) is 0 Å². The van der Waals surface area contributed by atoms with E-state index in [2.05, 4.69) is 9.80 Å². The van der Waals surface area contributed by atoms with Crippen LogP contribution in [-0.2, 0) is 13.1 Å². The molecule has 6 nitrogen and oxygen atoms in total. The molecule has 0 bridgehead atoms. The zero-order chi connectivity index (χ0) is 19.4. The van der Waals surface area contributed by atoms with Crippen LogP contribution in [0.1, 0.15) is 23.5 Å². The number of aliphatic hydroxyl groups is 1. The van der Waals surface area contributed by atoms with Gasteiger partial charge in [0.25, 0.3) is 0 Å². The first-order chi connectivity index (χ1) is 13.0. The number of ether oxygens (including phenoxy) is 1. The average Bonchev–Trinajstić information content (AvgIpc) is 3.05. The number of aromatic hydroxyl groups is 1. The van der Waals surface area contributed by atoms with Crippen molar-refractivity contribution >= 4 is 11.6 Å². The average molecular weight is 395 g/mol. The zero-order valence-electron chi connectivity index (χ0n) is 15.8. The maximum atomic E-state index is 9.90. The van der Waals surface area contributed by atoms with Gasteiger partial charge >= 0.3 is 0 Å². The molecule has 0 spiro atoms. The quantitative estimate of drug-likeness (QED) is 0.752. The van der Waals surface area contributed by atoms with Gasteiger partial charge in [-0.15, -0.1) is 0 Å². The first-order valence-electron chi connectivity index (χ1n) is 9.18. The van der Waals surface area contributed by atoms with Crippen LogP contribution in [0.5, 0.6) is 11.5 Å². The van der Waals surface area contributed by atoms with Gasteiger partial charge in [0.05, 0.1) is 18.7 Å². The molecule has 1 aliphatic heterocycles. The Labute approximate surface area is 164 Å². The molecular weight excluding hydrogens is 368 g/mol. The molecule has 2 heterocycles. The SMILES string of the molecule is COc1cc(CN2CCN(Cc3ccc(C)o3)[C@H](CCO)C2)cc(Cl)c1O. The third-order valence-electron chi connectivity index (χ3n) is 5.02. The number of furan rings is 1. The molecule has 1 atom stereocenters. The molecule has 1 fully saturated rings. The maximum Gasteiger partial charge on any atom is 0.176 e. The molecular formula is C20H27ClN2O4. The van der Waals surface area contributed by atoms with Crippen molar-refractivity contribution in [2.75, 3.05) is 33.4 Å². The van der Waals surface area contributed by atoms with Crippen molar-refractivity contribution < 1.29 is 19.4 Å². The molecule has 0 unspecified atom stereocenters. The van der Waals surface area contributed by atoms with E-state index >= 15 is 0 Å². The lowest BCUT2D eigenvalue weighted by atomic mass is 10.1. The molecule has 1 aliphatic rings. The van der Waals surface area contributed by atoms with E-state index in [1.54, 1.807) is 6.07 Å². The number of halogens is 1. The van der Waals surface area contributed by atoms with Gasteiger partial charge in [0.1, 0.15) is 11.5 Å². The molecule has 1 aromatic carbocycles. The van der Waals surface area contributed by atoms with E-state index in [4.69, 9.17) is 20.8 Å². The Hall–Kier alpha value is -1.73. The predicted molar refractivity (Wildman–Crippen MR) is 104 cm³/mol. The summed E-state index contributed by atoms with van der Waals surface area (Å²) >= 11 is 6.11. The van der Waals surface area contributed by atoms with Crippen molar-refractivity contribution in [2.45, 2.75) is 32.5 Å². The minimum absolute atomic E-state index is 0.0281. The normalized spacial score (nSPS) is 18.7. The topological polar surface area (TPSA) is 69.3 Å². The third-order valence-corrected chi connectivity index (χ3v) is 5.31. The Morgan fingerprint density at radius 3 is 2.74 bits per heavy atom. The predicted octanol–water partition coefficient (Wildman–Crippen LogP) is 3.02. The maximum absolute atomic E-state index is 9.90. The molecule has 2 N–H and O–H groups in total. The summed E-state index contributed by atoms with van der Waals surface area (Å²) in [6.07, 6.45) is 0.718. The summed E-state index contributed by atoms with van der Waals surface area (Å²) in [5.74, 6) is 2.23. The summed E-state index contributed by atoms with van der Waals surface area (Å²) in [5.41, 5.74) is 0.993. The monoisotopic (exact) mass is 394 g/mol. The molecule has 3 rings (SSSR count). The van der Waals surface area contributed by atoms with Crippen LogP contribution in [0.4, 0.5) is 0 Å². The van der Waals surface area contributed by atoms with Gasteiger partial charge in [-0.1, -0.05) is 11.6 Å². The largest absolute Gasteiger partial charge is 0.503 e. The lowest BCUT2D eigenvalue weighted by molar-refractivity contribution is 0.0454. The van der Waals surface area contributed by atoms with Crippen LogP contribution in [0, 0.1) is 6.92 Å². The van der Waals surface area contributed by atoms with E-state index in [0.29, 0.717) is 17.3 Å². The minimum Gasteiger partial charge on any atom is -0.503 e. The second kappa shape index (κ2) is 8.97. The van der Waals surface area contributed by atoms with Crippen LogP contribution in [-0.4, -0.2) is 59.4 Å². The Morgan fingerprint density at radius 1 is 1.26 bits per heavy atom. The number of piperazine rings is 1. The molecule has 27 heavy (non-hydrogen) atoms. The number of hydrogen-bond acceptors (Lipinski definition) is 6. The molecule has 0 saturated carbocycles. The van der Waals surface area contributed by atoms with E-state index in [9.17, 15) is 10.2 Å². The van der Waals surface area contributed by atoms with Gasteiger partial charge in [0, 0.05) is 38.8 Å². The van der Waals surface area contributed by atoms with Crippen molar-refractivity contribution in [3.05, 3.63) is 46.4 Å². The lowest BCUT2D eigenvalue weighted by Gasteiger charge is -2.41. The van der Waals surface area contributed by atoms with E-state index in [1.807, 2.05) is 25.1 Å². The molecule has 0 aliphatic carbocycles. The highest BCUT2D eigenvalue weighted by molar-refractivity contribution is 6.32. The van der Waals surface area contributed by atoms with E-state index < -0.39 is 0 Å². The van der Waals surface area contributed by atoms with E-state index in [-0.39, 0.29) is 18.4 Å². The van der Waals surface area contributed by atoms with E-state index in [0.717, 1.165) is 49.7 Å². The Balaban J connectivity index is 1.66. The highest BCUT2D eigenvalue weighted by Crippen LogP contribution is 2.35. The lowest BCUT2D eigenvalue weighted by Crippen LogP contribution is -2.52. The highest BCUT2D eigenvalue weighted by Gasteiger charge is 2.27. The minimum atomic E-state index is -0.0281. The molecule has 0 amide bonds. The van der Waals surface area contributed by atoms with Crippen LogP contribution in [0.15, 0.2) is 28.7 Å².